The molecule has 0 saturated heterocycles. The summed E-state index contributed by atoms with van der Waals surface area (Å²) in [4.78, 5) is 48.4. The monoisotopic (exact) mass is 1060 g/mol. The fourth-order valence-corrected chi connectivity index (χ4v) is 15.3. The number of aliphatic carboxylic acids is 2. The largest absolute Gasteiger partial charge is 0.486 e. The third kappa shape index (κ3) is 12.8. The second-order valence-electron chi connectivity index (χ2n) is 23.7. The molecule has 0 heterocycles. The molecule has 8 rings (SSSR count). The quantitative estimate of drug-likeness (QED) is 0.0595. The Bertz CT molecular complexity index is 2610. The molecular weight excluding hydrogens is 988 g/mol. The molecule has 0 aliphatic heterocycles. The molecule has 4 aromatic rings. The summed E-state index contributed by atoms with van der Waals surface area (Å²) in [6.07, 6.45) is 19.1. The molecule has 4 aromatic carbocycles. The van der Waals surface area contributed by atoms with Crippen LogP contribution in [0.2, 0.25) is 10.0 Å². The molecule has 12 heteroatoms. The molecule has 5 unspecified atom stereocenters. The molecule has 75 heavy (non-hydrogen) atoms. The van der Waals surface area contributed by atoms with Crippen molar-refractivity contribution < 1.29 is 49.1 Å². The van der Waals surface area contributed by atoms with Gasteiger partial charge >= 0.3 is 23.9 Å². The minimum Gasteiger partial charge on any atom is -0.486 e. The Morgan fingerprint density at radius 2 is 1.15 bits per heavy atom. The van der Waals surface area contributed by atoms with Gasteiger partial charge in [0.15, 0.2) is 11.5 Å². The van der Waals surface area contributed by atoms with Gasteiger partial charge in [-0.15, -0.1) is 0 Å². The van der Waals surface area contributed by atoms with E-state index in [0.29, 0.717) is 68.0 Å². The van der Waals surface area contributed by atoms with Crippen molar-refractivity contribution in [1.82, 2.24) is 0 Å². The predicted octanol–water partition coefficient (Wildman–Crippen LogP) is 15.8. The minimum absolute atomic E-state index is 0.0257. The summed E-state index contributed by atoms with van der Waals surface area (Å²) >= 11 is 13.9. The van der Waals surface area contributed by atoms with Crippen LogP contribution in [-0.2, 0) is 35.6 Å². The zero-order chi connectivity index (χ0) is 53.8. The van der Waals surface area contributed by atoms with E-state index >= 15 is 0 Å². The lowest BCUT2D eigenvalue weighted by atomic mass is 9.44. The number of aromatic carboxylic acids is 2. The van der Waals surface area contributed by atoms with E-state index in [9.17, 15) is 39.6 Å². The summed E-state index contributed by atoms with van der Waals surface area (Å²) in [5, 5.41) is 39.7. The molecule has 4 fully saturated rings. The fourth-order valence-electron chi connectivity index (χ4n) is 14.8. The highest BCUT2D eigenvalue weighted by atomic mass is 35.5. The summed E-state index contributed by atoms with van der Waals surface area (Å²) in [6, 6.07) is 19.9. The van der Waals surface area contributed by atoms with Crippen molar-refractivity contribution in [3.05, 3.63) is 133 Å². The lowest BCUT2D eigenvalue weighted by Gasteiger charge is -2.61. The number of allylic oxidation sites excluding steroid dienone is 1. The molecule has 402 valence electrons. The first kappa shape index (κ1) is 55.9. The maximum Gasteiger partial charge on any atom is 0.339 e. The molecular formula is C63H76Cl2O10. The normalized spacial score (nSPS) is 25.3. The lowest BCUT2D eigenvalue weighted by Crippen LogP contribution is -2.53. The average Bonchev–Trinajstić information content (AvgIpc) is 3.74. The van der Waals surface area contributed by atoms with Crippen LogP contribution in [-0.4, -0.2) is 44.3 Å². The number of ether oxygens (including phenoxy) is 2. The second kappa shape index (κ2) is 23.9. The summed E-state index contributed by atoms with van der Waals surface area (Å²) in [7, 11) is 0. The van der Waals surface area contributed by atoms with Crippen LogP contribution in [0.1, 0.15) is 179 Å². The van der Waals surface area contributed by atoms with Crippen molar-refractivity contribution in [2.45, 2.75) is 151 Å². The van der Waals surface area contributed by atoms with E-state index in [1.807, 2.05) is 0 Å². The van der Waals surface area contributed by atoms with E-state index < -0.39 is 23.9 Å². The lowest BCUT2D eigenvalue weighted by molar-refractivity contribution is -0.137. The van der Waals surface area contributed by atoms with E-state index in [1.165, 1.54) is 82.8 Å². The van der Waals surface area contributed by atoms with Crippen LogP contribution in [0.25, 0.3) is 5.57 Å². The third-order valence-electron chi connectivity index (χ3n) is 18.6. The minimum atomic E-state index is -1.27. The van der Waals surface area contributed by atoms with Crippen molar-refractivity contribution >= 4 is 52.7 Å². The van der Waals surface area contributed by atoms with Crippen molar-refractivity contribution in [3.63, 3.8) is 0 Å². The molecule has 10 nitrogen and oxygen atoms in total. The summed E-state index contributed by atoms with van der Waals surface area (Å²) in [6.45, 7) is 12.5. The van der Waals surface area contributed by atoms with Crippen LogP contribution >= 0.6 is 23.2 Å². The van der Waals surface area contributed by atoms with Gasteiger partial charge in [0.25, 0.3) is 0 Å². The van der Waals surface area contributed by atoms with Crippen LogP contribution in [0.5, 0.6) is 11.5 Å². The van der Waals surface area contributed by atoms with E-state index in [4.69, 9.17) is 32.7 Å². The third-order valence-corrected chi connectivity index (χ3v) is 19.2. The number of carbonyl (C=O) groups is 4. The summed E-state index contributed by atoms with van der Waals surface area (Å²) < 4.78 is 12.1. The standard InChI is InChI=1S/C63H76Cl2O10/c1-37(2)8-6-9-38(3)51-22-23-52-48-21-20-46-28-39(24-26-62(46,4)53(48)25-27-63(51,52)5)10-7-11-47(44-31-49(60(70)71)58(54(64)33-44)74-35-42-16-12-40(13-17-42)29-56(66)67)45-32-50(61(72)73)59(55(65)34-45)75-36-43-18-14-41(15-19-43)30-57(68)69/h11-19,31-34,37-39,46,48,51-53H,6-10,20-30,35-36H2,1-5H3,(H,66,67)(H,68,69)(H,70,71)(H,72,73)/t38?,39-,46?,48?,51+,52?,53?,62-,63+/m0/s1. The first-order valence-corrected chi connectivity index (χ1v) is 28.2. The Labute approximate surface area is 453 Å². The molecule has 4 aliphatic carbocycles. The average molecular weight is 1060 g/mol. The summed E-state index contributed by atoms with van der Waals surface area (Å²) in [5.41, 5.74) is 4.52. The first-order valence-electron chi connectivity index (χ1n) is 27.4. The topological polar surface area (TPSA) is 168 Å². The maximum atomic E-state index is 13.0. The van der Waals surface area contributed by atoms with Gasteiger partial charge in [0.1, 0.15) is 24.3 Å². The van der Waals surface area contributed by atoms with E-state index in [0.717, 1.165) is 48.3 Å². The highest BCUT2D eigenvalue weighted by Crippen LogP contribution is 2.69. The van der Waals surface area contributed by atoms with Crippen molar-refractivity contribution in [2.75, 3.05) is 0 Å². The molecule has 0 radical (unpaired) electrons. The van der Waals surface area contributed by atoms with Crippen molar-refractivity contribution in [1.29, 1.82) is 0 Å². The van der Waals surface area contributed by atoms with Gasteiger partial charge in [-0.1, -0.05) is 132 Å². The zero-order valence-corrected chi connectivity index (χ0v) is 45.9. The van der Waals surface area contributed by atoms with Gasteiger partial charge in [-0.25, -0.2) is 9.59 Å². The number of carboxylic acids is 4. The zero-order valence-electron chi connectivity index (χ0n) is 44.3. The van der Waals surface area contributed by atoms with Crippen molar-refractivity contribution in [2.24, 2.45) is 58.2 Å². The molecule has 0 amide bonds. The van der Waals surface area contributed by atoms with E-state index in [1.54, 1.807) is 60.7 Å². The molecule has 0 spiro atoms. The first-order chi connectivity index (χ1) is 35.7. The van der Waals surface area contributed by atoms with Gasteiger partial charge in [-0.05, 0) is 192 Å². The Morgan fingerprint density at radius 3 is 1.65 bits per heavy atom. The molecule has 4 aliphatic rings. The van der Waals surface area contributed by atoms with Crippen LogP contribution < -0.4 is 9.47 Å². The number of fused-ring (bicyclic) bond motifs is 5. The summed E-state index contributed by atoms with van der Waals surface area (Å²) in [5.74, 6) is 1.54. The fraction of sp³-hybridized carbons (Fsp3) is 0.524. The van der Waals surface area contributed by atoms with Crippen LogP contribution in [0.4, 0.5) is 0 Å². The second-order valence-corrected chi connectivity index (χ2v) is 24.5. The van der Waals surface area contributed by atoms with Gasteiger partial charge in [-0.3, -0.25) is 9.59 Å². The van der Waals surface area contributed by atoms with Crippen LogP contribution in [0.3, 0.4) is 0 Å². The Hall–Kier alpha value is -5.32. The number of carboxylic acid groups (broad SMARTS) is 4. The Balaban J connectivity index is 1.03. The van der Waals surface area contributed by atoms with Gasteiger partial charge < -0.3 is 29.9 Å². The van der Waals surface area contributed by atoms with Crippen molar-refractivity contribution in [3.8, 4) is 11.5 Å². The number of rotatable bonds is 22. The molecule has 9 atom stereocenters. The highest BCUT2D eigenvalue weighted by Gasteiger charge is 2.60. The van der Waals surface area contributed by atoms with Gasteiger partial charge in [-0.2, -0.15) is 0 Å². The van der Waals surface area contributed by atoms with Crippen LogP contribution in [0, 0.1) is 58.2 Å². The molecule has 4 saturated carbocycles. The van der Waals surface area contributed by atoms with Gasteiger partial charge in [0.2, 0.25) is 0 Å². The number of hydrogen-bond donors (Lipinski definition) is 4. The number of hydrogen-bond acceptors (Lipinski definition) is 6. The number of halogens is 2. The van der Waals surface area contributed by atoms with Gasteiger partial charge in [0, 0.05) is 0 Å². The molecule has 4 N–H and O–H groups in total. The maximum absolute atomic E-state index is 13.0. The molecule has 0 aromatic heterocycles. The Kier molecular flexibility index (Phi) is 17.8. The van der Waals surface area contributed by atoms with E-state index in [2.05, 4.69) is 40.7 Å². The molecule has 0 bridgehead atoms. The van der Waals surface area contributed by atoms with Crippen LogP contribution in [0.15, 0.2) is 78.9 Å². The Morgan fingerprint density at radius 1 is 0.640 bits per heavy atom. The van der Waals surface area contributed by atoms with Gasteiger partial charge in [0.05, 0.1) is 22.9 Å². The number of benzene rings is 4. The smallest absolute Gasteiger partial charge is 0.339 e. The highest BCUT2D eigenvalue weighted by molar-refractivity contribution is 6.33. The SMILES string of the molecule is CC(C)CCCC(C)[C@H]1CCC2C3CCC4C[C@@H](CCC=C(c5cc(Cl)c(OCc6ccc(CC(=O)O)cc6)c(C(=O)O)c5)c5cc(Cl)c(OCc6ccc(CC(=O)O)cc6)c(C(=O)O)c5)CC[C@]4(C)C3CC[C@@]21C. The van der Waals surface area contributed by atoms with E-state index in [-0.39, 0.29) is 58.7 Å². The predicted molar refractivity (Wildman–Crippen MR) is 294 cm³/mol.